The third kappa shape index (κ3) is 2.76. The zero-order valence-corrected chi connectivity index (χ0v) is 13.4. The Labute approximate surface area is 141 Å². The molecule has 0 saturated carbocycles. The van der Waals surface area contributed by atoms with Crippen molar-refractivity contribution in [3.8, 4) is 6.07 Å². The average Bonchev–Trinajstić information content (AvgIpc) is 2.62. The summed E-state index contributed by atoms with van der Waals surface area (Å²) in [6.45, 7) is 5.82. The molecule has 0 spiro atoms. The van der Waals surface area contributed by atoms with E-state index in [1.807, 2.05) is 18.2 Å². The Morgan fingerprint density at radius 2 is 1.62 bits per heavy atom. The number of pyridine rings is 1. The number of anilines is 2. The van der Waals surface area contributed by atoms with Gasteiger partial charge in [-0.25, -0.2) is 15.0 Å². The first-order valence-electron chi connectivity index (χ1n) is 8.21. The van der Waals surface area contributed by atoms with Crippen molar-refractivity contribution in [1.82, 2.24) is 19.9 Å². The van der Waals surface area contributed by atoms with E-state index in [9.17, 15) is 5.26 Å². The highest BCUT2D eigenvalue weighted by molar-refractivity contribution is 5.55. The van der Waals surface area contributed by atoms with Gasteiger partial charge in [0.05, 0.1) is 5.56 Å². The Balaban J connectivity index is 1.32. The molecule has 0 aromatic carbocycles. The number of nitriles is 1. The largest absolute Gasteiger partial charge is 0.352 e. The third-order valence-electron chi connectivity index (χ3n) is 4.73. The zero-order valence-electron chi connectivity index (χ0n) is 13.4. The SMILES string of the molecule is N#Cc1cccnc1N1CC(N2CCN(c3ncccn3)CC2)C1. The Morgan fingerprint density at radius 3 is 2.33 bits per heavy atom. The van der Waals surface area contributed by atoms with E-state index in [0.29, 0.717) is 11.6 Å². The molecule has 0 radical (unpaired) electrons. The van der Waals surface area contributed by atoms with Gasteiger partial charge in [0, 0.05) is 63.9 Å². The number of rotatable bonds is 3. The molecule has 2 aromatic rings. The van der Waals surface area contributed by atoms with Crippen molar-refractivity contribution in [1.29, 1.82) is 5.26 Å². The van der Waals surface area contributed by atoms with E-state index in [0.717, 1.165) is 51.0 Å². The van der Waals surface area contributed by atoms with Gasteiger partial charge in [0.1, 0.15) is 11.9 Å². The predicted octanol–water partition coefficient (Wildman–Crippen LogP) is 0.754. The van der Waals surface area contributed by atoms with Crippen LogP contribution >= 0.6 is 0 Å². The summed E-state index contributed by atoms with van der Waals surface area (Å²) in [5, 5.41) is 9.19. The fraction of sp³-hybridized carbons (Fsp3) is 0.412. The molecular weight excluding hydrogens is 302 g/mol. The number of hydrogen-bond acceptors (Lipinski definition) is 7. The minimum atomic E-state index is 0.539. The molecule has 0 amide bonds. The molecule has 7 heteroatoms. The second-order valence-electron chi connectivity index (χ2n) is 6.12. The molecular formula is C17H19N7. The number of hydrogen-bond donors (Lipinski definition) is 0. The van der Waals surface area contributed by atoms with E-state index in [2.05, 4.69) is 35.7 Å². The first-order chi connectivity index (χ1) is 11.8. The van der Waals surface area contributed by atoms with Crippen LogP contribution in [0.4, 0.5) is 11.8 Å². The Bertz CT molecular complexity index is 728. The lowest BCUT2D eigenvalue weighted by Gasteiger charge is -2.48. The smallest absolute Gasteiger partial charge is 0.225 e. The fourth-order valence-electron chi connectivity index (χ4n) is 3.34. The summed E-state index contributed by atoms with van der Waals surface area (Å²) in [4.78, 5) is 20.0. The van der Waals surface area contributed by atoms with Crippen molar-refractivity contribution in [3.63, 3.8) is 0 Å². The Hall–Kier alpha value is -2.72. The molecule has 0 atom stereocenters. The molecule has 0 bridgehead atoms. The van der Waals surface area contributed by atoms with Crippen molar-refractivity contribution in [2.75, 3.05) is 49.1 Å². The normalized spacial score (nSPS) is 19.0. The van der Waals surface area contributed by atoms with Crippen molar-refractivity contribution in [3.05, 3.63) is 42.4 Å². The molecule has 122 valence electrons. The summed E-state index contributed by atoms with van der Waals surface area (Å²) in [6.07, 6.45) is 5.33. The van der Waals surface area contributed by atoms with E-state index >= 15 is 0 Å². The van der Waals surface area contributed by atoms with Crippen LogP contribution in [-0.4, -0.2) is 65.2 Å². The molecule has 0 N–H and O–H groups in total. The van der Waals surface area contributed by atoms with Crippen molar-refractivity contribution in [2.45, 2.75) is 6.04 Å². The number of aromatic nitrogens is 3. The molecule has 2 aliphatic heterocycles. The van der Waals surface area contributed by atoms with Gasteiger partial charge in [-0.15, -0.1) is 0 Å². The fourth-order valence-corrected chi connectivity index (χ4v) is 3.34. The highest BCUT2D eigenvalue weighted by Gasteiger charge is 2.35. The lowest BCUT2D eigenvalue weighted by atomic mass is 10.0. The first-order valence-corrected chi connectivity index (χ1v) is 8.21. The average molecular weight is 321 g/mol. The second kappa shape index (κ2) is 6.42. The second-order valence-corrected chi connectivity index (χ2v) is 6.12. The van der Waals surface area contributed by atoms with Gasteiger partial charge >= 0.3 is 0 Å². The number of nitrogens with zero attached hydrogens (tertiary/aromatic N) is 7. The van der Waals surface area contributed by atoms with Gasteiger partial charge in [-0.3, -0.25) is 4.90 Å². The maximum Gasteiger partial charge on any atom is 0.225 e. The van der Waals surface area contributed by atoms with Crippen LogP contribution in [0.25, 0.3) is 0 Å². The van der Waals surface area contributed by atoms with E-state index in [1.54, 1.807) is 18.6 Å². The molecule has 4 rings (SSSR count). The van der Waals surface area contributed by atoms with Gasteiger partial charge in [-0.05, 0) is 18.2 Å². The van der Waals surface area contributed by atoms with Gasteiger partial charge in [-0.2, -0.15) is 5.26 Å². The summed E-state index contributed by atoms with van der Waals surface area (Å²) < 4.78 is 0. The Kier molecular flexibility index (Phi) is 3.97. The first kappa shape index (κ1) is 14.8. The molecule has 2 aromatic heterocycles. The van der Waals surface area contributed by atoms with Crippen LogP contribution in [0.1, 0.15) is 5.56 Å². The lowest BCUT2D eigenvalue weighted by Crippen LogP contribution is -2.63. The summed E-state index contributed by atoms with van der Waals surface area (Å²) >= 11 is 0. The lowest BCUT2D eigenvalue weighted by molar-refractivity contribution is 0.156. The summed E-state index contributed by atoms with van der Waals surface area (Å²) in [6, 6.07) is 8.24. The van der Waals surface area contributed by atoms with Gasteiger partial charge in [0.15, 0.2) is 0 Å². The van der Waals surface area contributed by atoms with Crippen LogP contribution in [0, 0.1) is 11.3 Å². The molecule has 2 fully saturated rings. The van der Waals surface area contributed by atoms with Crippen LogP contribution in [0.5, 0.6) is 0 Å². The van der Waals surface area contributed by atoms with Gasteiger partial charge in [0.2, 0.25) is 5.95 Å². The summed E-state index contributed by atoms with van der Waals surface area (Å²) in [7, 11) is 0. The van der Waals surface area contributed by atoms with Crippen LogP contribution in [0.15, 0.2) is 36.8 Å². The van der Waals surface area contributed by atoms with Crippen LogP contribution in [0.3, 0.4) is 0 Å². The quantitative estimate of drug-likeness (QED) is 0.826. The van der Waals surface area contributed by atoms with E-state index in [1.165, 1.54) is 0 Å². The van der Waals surface area contributed by atoms with Gasteiger partial charge < -0.3 is 9.80 Å². The van der Waals surface area contributed by atoms with Crippen LogP contribution < -0.4 is 9.80 Å². The van der Waals surface area contributed by atoms with Crippen molar-refractivity contribution >= 4 is 11.8 Å². The molecule has 2 saturated heterocycles. The van der Waals surface area contributed by atoms with E-state index in [-0.39, 0.29) is 0 Å². The zero-order chi connectivity index (χ0) is 16.4. The van der Waals surface area contributed by atoms with Crippen LogP contribution in [0.2, 0.25) is 0 Å². The maximum absolute atomic E-state index is 9.19. The maximum atomic E-state index is 9.19. The molecule has 7 nitrogen and oxygen atoms in total. The minimum Gasteiger partial charge on any atom is -0.352 e. The molecule has 4 heterocycles. The van der Waals surface area contributed by atoms with Crippen LogP contribution in [-0.2, 0) is 0 Å². The third-order valence-corrected chi connectivity index (χ3v) is 4.73. The molecule has 24 heavy (non-hydrogen) atoms. The van der Waals surface area contributed by atoms with E-state index in [4.69, 9.17) is 0 Å². The molecule has 0 aliphatic carbocycles. The van der Waals surface area contributed by atoms with Crippen molar-refractivity contribution < 1.29 is 0 Å². The highest BCUT2D eigenvalue weighted by Crippen LogP contribution is 2.25. The monoisotopic (exact) mass is 321 g/mol. The van der Waals surface area contributed by atoms with Gasteiger partial charge in [0.25, 0.3) is 0 Å². The standard InChI is InChI=1S/C17H19N7/c18-11-14-3-1-4-19-16(14)24-12-15(13-24)22-7-9-23(10-8-22)17-20-5-2-6-21-17/h1-6,15H,7-10,12-13H2. The van der Waals surface area contributed by atoms with Gasteiger partial charge in [-0.1, -0.05) is 0 Å². The number of piperazine rings is 1. The predicted molar refractivity (Wildman–Crippen MR) is 90.8 cm³/mol. The summed E-state index contributed by atoms with van der Waals surface area (Å²) in [5.74, 6) is 1.63. The van der Waals surface area contributed by atoms with E-state index < -0.39 is 0 Å². The topological polar surface area (TPSA) is 72.2 Å². The Morgan fingerprint density at radius 1 is 0.917 bits per heavy atom. The molecule has 0 unspecified atom stereocenters. The molecule has 2 aliphatic rings. The highest BCUT2D eigenvalue weighted by atomic mass is 15.4. The van der Waals surface area contributed by atoms with Crippen molar-refractivity contribution in [2.24, 2.45) is 0 Å². The minimum absolute atomic E-state index is 0.539. The summed E-state index contributed by atoms with van der Waals surface area (Å²) in [5.41, 5.74) is 0.655.